The van der Waals surface area contributed by atoms with Crippen LogP contribution in [0.1, 0.15) is 21.9 Å². The smallest absolute Gasteiger partial charge is 0.252 e. The van der Waals surface area contributed by atoms with Crippen molar-refractivity contribution in [2.45, 2.75) is 20.4 Å². The molecule has 3 rings (SSSR count). The molecule has 2 heterocycles. The summed E-state index contributed by atoms with van der Waals surface area (Å²) in [6, 6.07) is 5.92. The lowest BCUT2D eigenvalue weighted by molar-refractivity contribution is 0.0953. The van der Waals surface area contributed by atoms with Gasteiger partial charge >= 0.3 is 0 Å². The van der Waals surface area contributed by atoms with Crippen LogP contribution in [0.2, 0.25) is 0 Å². The number of aromatic nitrogens is 4. The molecule has 0 atom stereocenters. The van der Waals surface area contributed by atoms with Gasteiger partial charge in [0.05, 0.1) is 11.1 Å². The molecule has 0 saturated carbocycles. The number of hydrogen-bond donors (Lipinski definition) is 2. The first-order chi connectivity index (χ1) is 11.5. The van der Waals surface area contributed by atoms with Crippen LogP contribution in [-0.2, 0) is 6.54 Å². The lowest BCUT2D eigenvalue weighted by Crippen LogP contribution is -2.28. The van der Waals surface area contributed by atoms with E-state index in [1.807, 2.05) is 6.92 Å². The maximum atomic E-state index is 13.4. The lowest BCUT2D eigenvalue weighted by Gasteiger charge is -2.10. The van der Waals surface area contributed by atoms with Gasteiger partial charge in [-0.2, -0.15) is 5.10 Å². The molecule has 0 fully saturated rings. The number of benzene rings is 1. The van der Waals surface area contributed by atoms with Crippen molar-refractivity contribution in [2.75, 3.05) is 6.54 Å². The molecule has 8 heteroatoms. The van der Waals surface area contributed by atoms with Crippen LogP contribution in [0.5, 0.6) is 0 Å². The third kappa shape index (κ3) is 3.18. The summed E-state index contributed by atoms with van der Waals surface area (Å²) in [5.41, 5.74) is 1.60. The van der Waals surface area contributed by atoms with Gasteiger partial charge in [0, 0.05) is 30.2 Å². The van der Waals surface area contributed by atoms with E-state index < -0.39 is 0 Å². The number of carbonyl (C=O) groups excluding carboxylic acids is 1. The van der Waals surface area contributed by atoms with Crippen molar-refractivity contribution >= 4 is 29.0 Å². The number of nitrogens with one attached hydrogen (secondary N) is 2. The van der Waals surface area contributed by atoms with E-state index in [-0.39, 0.29) is 11.7 Å². The molecule has 3 aromatic rings. The van der Waals surface area contributed by atoms with Crippen molar-refractivity contribution in [1.29, 1.82) is 0 Å². The zero-order chi connectivity index (χ0) is 17.3. The monoisotopic (exact) mass is 345 g/mol. The first-order valence-electron chi connectivity index (χ1n) is 7.42. The fourth-order valence-electron chi connectivity index (χ4n) is 2.56. The number of fused-ring (bicyclic) bond motifs is 1. The number of amides is 1. The Labute approximate surface area is 142 Å². The summed E-state index contributed by atoms with van der Waals surface area (Å²) in [6.07, 6.45) is 0. The zero-order valence-electron chi connectivity index (χ0n) is 13.3. The summed E-state index contributed by atoms with van der Waals surface area (Å²) in [4.78, 5) is 16.8. The van der Waals surface area contributed by atoms with Crippen LogP contribution in [0.25, 0.3) is 10.9 Å². The van der Waals surface area contributed by atoms with Crippen molar-refractivity contribution in [3.63, 3.8) is 0 Å². The van der Waals surface area contributed by atoms with Gasteiger partial charge < -0.3 is 9.88 Å². The molecule has 1 amide bonds. The van der Waals surface area contributed by atoms with Crippen molar-refractivity contribution in [2.24, 2.45) is 0 Å². The van der Waals surface area contributed by atoms with Crippen LogP contribution in [0.3, 0.4) is 0 Å². The summed E-state index contributed by atoms with van der Waals surface area (Å²) in [5, 5.41) is 10.2. The van der Waals surface area contributed by atoms with Crippen LogP contribution in [0.15, 0.2) is 24.3 Å². The first-order valence-corrected chi connectivity index (χ1v) is 7.83. The molecule has 0 spiro atoms. The minimum Gasteiger partial charge on any atom is -0.350 e. The Morgan fingerprint density at radius 2 is 2.17 bits per heavy atom. The van der Waals surface area contributed by atoms with Gasteiger partial charge in [-0.05, 0) is 44.3 Å². The fraction of sp³-hybridized carbons (Fsp3) is 0.250. The molecule has 0 bridgehead atoms. The van der Waals surface area contributed by atoms with Gasteiger partial charge in [0.2, 0.25) is 0 Å². The summed E-state index contributed by atoms with van der Waals surface area (Å²) in [6.45, 7) is 4.53. The maximum absolute atomic E-state index is 13.4. The Balaban J connectivity index is 1.80. The van der Waals surface area contributed by atoms with Gasteiger partial charge in [-0.25, -0.2) is 4.39 Å². The molecule has 0 aliphatic heterocycles. The number of H-pyrrole nitrogens is 1. The maximum Gasteiger partial charge on any atom is 0.252 e. The average Bonchev–Trinajstić information content (AvgIpc) is 2.85. The lowest BCUT2D eigenvalue weighted by atomic mass is 10.1. The SMILES string of the molecule is Cc1cc(C(=O)NCCn2c(C)n[nH]c2=S)c2ccc(F)cc2n1. The van der Waals surface area contributed by atoms with Gasteiger partial charge in [0.15, 0.2) is 4.77 Å². The van der Waals surface area contributed by atoms with E-state index in [4.69, 9.17) is 12.2 Å². The van der Waals surface area contributed by atoms with Gasteiger partial charge in [-0.1, -0.05) is 0 Å². The molecule has 2 aromatic heterocycles. The van der Waals surface area contributed by atoms with E-state index in [0.717, 1.165) is 5.82 Å². The van der Waals surface area contributed by atoms with E-state index in [9.17, 15) is 9.18 Å². The number of aromatic amines is 1. The number of nitrogens with zero attached hydrogens (tertiary/aromatic N) is 3. The van der Waals surface area contributed by atoms with Gasteiger partial charge in [0.25, 0.3) is 5.91 Å². The number of pyridine rings is 1. The Bertz CT molecular complexity index is 973. The molecule has 0 aliphatic carbocycles. The highest BCUT2D eigenvalue weighted by molar-refractivity contribution is 7.71. The number of aryl methyl sites for hydroxylation is 2. The predicted octanol–water partition coefficient (Wildman–Crippen LogP) is 2.67. The summed E-state index contributed by atoms with van der Waals surface area (Å²) in [7, 11) is 0. The van der Waals surface area contributed by atoms with Gasteiger partial charge in [-0.3, -0.25) is 14.9 Å². The summed E-state index contributed by atoms with van der Waals surface area (Å²) in [5.74, 6) is 0.150. The molecular weight excluding hydrogens is 329 g/mol. The van der Waals surface area contributed by atoms with E-state index in [1.165, 1.54) is 12.1 Å². The van der Waals surface area contributed by atoms with E-state index >= 15 is 0 Å². The quantitative estimate of drug-likeness (QED) is 0.713. The predicted molar refractivity (Wildman–Crippen MR) is 90.9 cm³/mol. The average molecular weight is 345 g/mol. The highest BCUT2D eigenvalue weighted by atomic mass is 32.1. The van der Waals surface area contributed by atoms with Crippen LogP contribution in [0.4, 0.5) is 4.39 Å². The molecular formula is C16H16FN5OS. The molecule has 2 N–H and O–H groups in total. The fourth-order valence-corrected chi connectivity index (χ4v) is 2.83. The number of hydrogen-bond acceptors (Lipinski definition) is 4. The largest absolute Gasteiger partial charge is 0.350 e. The van der Waals surface area contributed by atoms with E-state index in [2.05, 4.69) is 20.5 Å². The third-order valence-corrected chi connectivity index (χ3v) is 4.03. The first kappa shape index (κ1) is 16.3. The van der Waals surface area contributed by atoms with Crippen LogP contribution < -0.4 is 5.32 Å². The highest BCUT2D eigenvalue weighted by Gasteiger charge is 2.12. The van der Waals surface area contributed by atoms with Gasteiger partial charge in [-0.15, -0.1) is 0 Å². The van der Waals surface area contributed by atoms with Crippen molar-refractivity contribution in [1.82, 2.24) is 25.1 Å². The van der Waals surface area contributed by atoms with Crippen molar-refractivity contribution in [3.8, 4) is 0 Å². The molecule has 124 valence electrons. The normalized spacial score (nSPS) is 11.0. The molecule has 0 aliphatic rings. The molecule has 0 saturated heterocycles. The molecule has 1 aromatic carbocycles. The number of rotatable bonds is 4. The minimum absolute atomic E-state index is 0.232. The van der Waals surface area contributed by atoms with Crippen LogP contribution in [0, 0.1) is 24.4 Å². The number of halogens is 1. The topological polar surface area (TPSA) is 75.6 Å². The minimum atomic E-state index is -0.378. The Kier molecular flexibility index (Phi) is 4.39. The van der Waals surface area contributed by atoms with Crippen LogP contribution >= 0.6 is 12.2 Å². The standard InChI is InChI=1S/C16H16FN5OS/c1-9-7-13(12-4-3-11(17)8-14(12)19-9)15(23)18-5-6-22-10(2)20-21-16(22)24/h3-4,7-8H,5-6H2,1-2H3,(H,18,23)(H,21,24). The second kappa shape index (κ2) is 6.48. The van der Waals surface area contributed by atoms with E-state index in [1.54, 1.807) is 23.6 Å². The summed E-state index contributed by atoms with van der Waals surface area (Å²) >= 11 is 5.13. The molecule has 0 unspecified atom stereocenters. The highest BCUT2D eigenvalue weighted by Crippen LogP contribution is 2.19. The van der Waals surface area contributed by atoms with Crippen molar-refractivity contribution in [3.05, 3.63) is 51.9 Å². The molecule has 6 nitrogen and oxygen atoms in total. The second-order valence-corrected chi connectivity index (χ2v) is 5.84. The van der Waals surface area contributed by atoms with Crippen molar-refractivity contribution < 1.29 is 9.18 Å². The second-order valence-electron chi connectivity index (χ2n) is 5.46. The molecule has 24 heavy (non-hydrogen) atoms. The Morgan fingerprint density at radius 1 is 1.38 bits per heavy atom. The third-order valence-electron chi connectivity index (χ3n) is 3.71. The summed E-state index contributed by atoms with van der Waals surface area (Å²) < 4.78 is 15.7. The van der Waals surface area contributed by atoms with Crippen LogP contribution in [-0.4, -0.2) is 32.2 Å². The number of carbonyl (C=O) groups is 1. The zero-order valence-corrected chi connectivity index (χ0v) is 14.1. The Morgan fingerprint density at radius 3 is 2.88 bits per heavy atom. The Hall–Kier alpha value is -2.61. The van der Waals surface area contributed by atoms with E-state index in [0.29, 0.717) is 40.0 Å². The van der Waals surface area contributed by atoms with Gasteiger partial charge in [0.1, 0.15) is 11.6 Å². The molecule has 0 radical (unpaired) electrons.